The fourth-order valence-corrected chi connectivity index (χ4v) is 4.41. The lowest BCUT2D eigenvalue weighted by molar-refractivity contribution is 0.0724. The molecule has 0 unspecified atom stereocenters. The Kier molecular flexibility index (Phi) is 5.91. The average molecular weight is 452 g/mol. The zero-order chi connectivity index (χ0) is 23.9. The molecule has 2 aromatic rings. The Morgan fingerprint density at radius 1 is 1.45 bits per heavy atom. The van der Waals surface area contributed by atoms with Crippen LogP contribution in [-0.4, -0.2) is 62.4 Å². The molecule has 3 atom stereocenters. The average Bonchev–Trinajstić information content (AvgIpc) is 3.08. The first kappa shape index (κ1) is 22.5. The summed E-state index contributed by atoms with van der Waals surface area (Å²) in [6.45, 7) is 13.5. The number of aromatic nitrogens is 2. The number of carbonyl (C=O) groups is 2. The standard InChI is InChI=1S/C23H25FN6O3/c1-5-20(31)14-10-28(4)22(32)21-16-12-29(13(2)8-18(16)27-30(21)11-14)23(33)26-15-6-7-17(24)19(9-15)25-3/h5-7,9,13-14,20,31H,1,8,10-12H2,2,4H3,(H,26,33)/t13-,14+,20-/m1/s1. The molecule has 33 heavy (non-hydrogen) atoms. The summed E-state index contributed by atoms with van der Waals surface area (Å²) < 4.78 is 15.3. The minimum atomic E-state index is -0.773. The van der Waals surface area contributed by atoms with Gasteiger partial charge in [-0.15, -0.1) is 6.58 Å². The number of fused-ring (bicyclic) bond motifs is 3. The number of nitrogens with one attached hydrogen (secondary N) is 1. The highest BCUT2D eigenvalue weighted by molar-refractivity contribution is 5.95. The van der Waals surface area contributed by atoms with Gasteiger partial charge in [-0.05, 0) is 25.1 Å². The van der Waals surface area contributed by atoms with E-state index in [2.05, 4.69) is 21.8 Å². The third-order valence-corrected chi connectivity index (χ3v) is 6.25. The smallest absolute Gasteiger partial charge is 0.322 e. The first-order valence-corrected chi connectivity index (χ1v) is 10.6. The predicted molar refractivity (Wildman–Crippen MR) is 119 cm³/mol. The van der Waals surface area contributed by atoms with E-state index in [0.29, 0.717) is 36.5 Å². The molecule has 1 aromatic heterocycles. The zero-order valence-electron chi connectivity index (χ0n) is 18.5. The number of amides is 3. The molecule has 3 amide bonds. The molecule has 2 aliphatic heterocycles. The summed E-state index contributed by atoms with van der Waals surface area (Å²) in [6, 6.07) is 3.22. The van der Waals surface area contributed by atoms with E-state index in [4.69, 9.17) is 6.57 Å². The van der Waals surface area contributed by atoms with E-state index >= 15 is 0 Å². The van der Waals surface area contributed by atoms with E-state index in [1.807, 2.05) is 6.92 Å². The second kappa shape index (κ2) is 8.67. The van der Waals surface area contributed by atoms with E-state index in [1.54, 1.807) is 21.5 Å². The van der Waals surface area contributed by atoms with Gasteiger partial charge >= 0.3 is 6.03 Å². The van der Waals surface area contributed by atoms with Crippen LogP contribution in [0.3, 0.4) is 0 Å². The molecule has 172 valence electrons. The number of hydrogen-bond acceptors (Lipinski definition) is 4. The number of rotatable bonds is 3. The maximum absolute atomic E-state index is 13.6. The third-order valence-electron chi connectivity index (χ3n) is 6.25. The third kappa shape index (κ3) is 4.07. The molecule has 0 bridgehead atoms. The lowest BCUT2D eigenvalue weighted by Gasteiger charge is -2.33. The van der Waals surface area contributed by atoms with Gasteiger partial charge in [0, 0.05) is 49.8 Å². The Labute approximate surface area is 190 Å². The van der Waals surface area contributed by atoms with Crippen molar-refractivity contribution in [2.45, 2.75) is 38.6 Å². The Hall–Kier alpha value is -3.71. The first-order chi connectivity index (χ1) is 15.7. The summed E-state index contributed by atoms with van der Waals surface area (Å²) in [7, 11) is 1.68. The number of aliphatic hydroxyl groups is 1. The van der Waals surface area contributed by atoms with Crippen LogP contribution in [0.25, 0.3) is 4.85 Å². The maximum atomic E-state index is 13.6. The summed E-state index contributed by atoms with van der Waals surface area (Å²) >= 11 is 0. The monoisotopic (exact) mass is 452 g/mol. The van der Waals surface area contributed by atoms with Crippen LogP contribution in [0, 0.1) is 18.3 Å². The number of anilines is 1. The largest absolute Gasteiger partial charge is 0.389 e. The zero-order valence-corrected chi connectivity index (χ0v) is 18.5. The van der Waals surface area contributed by atoms with Crippen molar-refractivity contribution >= 4 is 23.3 Å². The predicted octanol–water partition coefficient (Wildman–Crippen LogP) is 2.80. The number of halogens is 1. The normalized spacial score (nSPS) is 20.9. The van der Waals surface area contributed by atoms with Crippen LogP contribution >= 0.6 is 0 Å². The Morgan fingerprint density at radius 3 is 2.91 bits per heavy atom. The van der Waals surface area contributed by atoms with Gasteiger partial charge in [0.1, 0.15) is 11.5 Å². The Bertz CT molecular complexity index is 1170. The lowest BCUT2D eigenvalue weighted by atomic mass is 9.99. The van der Waals surface area contributed by atoms with Crippen LogP contribution in [0.4, 0.5) is 20.6 Å². The Balaban J connectivity index is 1.62. The van der Waals surface area contributed by atoms with Gasteiger partial charge in [0.2, 0.25) is 5.69 Å². The van der Waals surface area contributed by atoms with Crippen molar-refractivity contribution in [3.05, 3.63) is 65.0 Å². The maximum Gasteiger partial charge on any atom is 0.322 e. The minimum absolute atomic E-state index is 0.173. The topological polar surface area (TPSA) is 95.1 Å². The number of benzene rings is 1. The minimum Gasteiger partial charge on any atom is -0.389 e. The van der Waals surface area contributed by atoms with E-state index in [1.165, 1.54) is 18.2 Å². The molecule has 0 radical (unpaired) electrons. The van der Waals surface area contributed by atoms with E-state index in [0.717, 1.165) is 11.8 Å². The van der Waals surface area contributed by atoms with E-state index < -0.39 is 18.0 Å². The van der Waals surface area contributed by atoms with Gasteiger partial charge in [-0.25, -0.2) is 14.0 Å². The van der Waals surface area contributed by atoms with Gasteiger partial charge in [0.05, 0.1) is 24.9 Å². The van der Waals surface area contributed by atoms with Crippen LogP contribution in [0.15, 0.2) is 30.9 Å². The highest BCUT2D eigenvalue weighted by Gasteiger charge is 2.37. The number of urea groups is 1. The molecule has 0 aliphatic carbocycles. The molecule has 4 rings (SSSR count). The molecule has 2 N–H and O–H groups in total. The molecular weight excluding hydrogens is 427 g/mol. The molecule has 0 saturated carbocycles. The first-order valence-electron chi connectivity index (χ1n) is 10.6. The second-order valence-corrected chi connectivity index (χ2v) is 8.52. The lowest BCUT2D eigenvalue weighted by Crippen LogP contribution is -2.45. The fourth-order valence-electron chi connectivity index (χ4n) is 4.41. The molecule has 9 nitrogen and oxygen atoms in total. The van der Waals surface area contributed by atoms with Crippen molar-refractivity contribution in [1.29, 1.82) is 0 Å². The van der Waals surface area contributed by atoms with Crippen molar-refractivity contribution in [2.24, 2.45) is 5.92 Å². The summed E-state index contributed by atoms with van der Waals surface area (Å²) in [5.74, 6) is -1.10. The van der Waals surface area contributed by atoms with Crippen LogP contribution in [0.5, 0.6) is 0 Å². The molecule has 0 saturated heterocycles. The molecule has 10 heteroatoms. The van der Waals surface area contributed by atoms with Crippen molar-refractivity contribution < 1.29 is 19.1 Å². The summed E-state index contributed by atoms with van der Waals surface area (Å²) in [6.07, 6.45) is 1.15. The van der Waals surface area contributed by atoms with Crippen molar-refractivity contribution in [2.75, 3.05) is 18.9 Å². The van der Waals surface area contributed by atoms with Crippen molar-refractivity contribution in [3.8, 4) is 0 Å². The van der Waals surface area contributed by atoms with E-state index in [-0.39, 0.29) is 30.1 Å². The van der Waals surface area contributed by atoms with Crippen molar-refractivity contribution in [1.82, 2.24) is 19.6 Å². The molecular formula is C23H25FN6O3. The Morgan fingerprint density at radius 2 is 2.21 bits per heavy atom. The van der Waals surface area contributed by atoms with Gasteiger partial charge in [0.25, 0.3) is 5.91 Å². The number of aliphatic hydroxyl groups excluding tert-OH is 1. The molecule has 2 aliphatic rings. The number of nitrogens with zero attached hydrogens (tertiary/aromatic N) is 5. The number of carbonyl (C=O) groups excluding carboxylic acids is 2. The number of hydrogen-bond donors (Lipinski definition) is 2. The fraction of sp³-hybridized carbons (Fsp3) is 0.391. The van der Waals surface area contributed by atoms with Crippen LogP contribution in [0.2, 0.25) is 0 Å². The molecule has 3 heterocycles. The highest BCUT2D eigenvalue weighted by atomic mass is 19.1. The van der Waals surface area contributed by atoms with Crippen LogP contribution in [0.1, 0.15) is 28.7 Å². The molecule has 1 aromatic carbocycles. The second-order valence-electron chi connectivity index (χ2n) is 8.52. The summed E-state index contributed by atoms with van der Waals surface area (Å²) in [5.41, 5.74) is 2.02. The quantitative estimate of drug-likeness (QED) is 0.553. The molecule has 0 fully saturated rings. The van der Waals surface area contributed by atoms with Gasteiger partial charge in [-0.3, -0.25) is 9.48 Å². The van der Waals surface area contributed by atoms with Crippen LogP contribution in [-0.2, 0) is 19.5 Å². The highest BCUT2D eigenvalue weighted by Crippen LogP contribution is 2.30. The van der Waals surface area contributed by atoms with Gasteiger partial charge in [-0.2, -0.15) is 5.10 Å². The SMILES string of the molecule is [C-]#[N+]c1cc(NC(=O)N2Cc3c(nn4c3C(=O)N(C)C[C@H]([C@H](O)C=C)C4)C[C@H]2C)ccc1F. The van der Waals surface area contributed by atoms with Gasteiger partial charge in [-0.1, -0.05) is 6.08 Å². The van der Waals surface area contributed by atoms with Gasteiger partial charge in [0.15, 0.2) is 0 Å². The summed E-state index contributed by atoms with van der Waals surface area (Å²) in [5, 5.41) is 17.7. The van der Waals surface area contributed by atoms with E-state index in [9.17, 15) is 19.1 Å². The molecule has 0 spiro atoms. The van der Waals surface area contributed by atoms with Gasteiger partial charge < -0.3 is 20.2 Å². The van der Waals surface area contributed by atoms with Crippen LogP contribution < -0.4 is 5.32 Å². The van der Waals surface area contributed by atoms with Crippen molar-refractivity contribution in [3.63, 3.8) is 0 Å². The summed E-state index contributed by atoms with van der Waals surface area (Å²) in [4.78, 5) is 32.5.